The molecule has 4 heteroatoms. The Hall–Kier alpha value is -1.42. The molecule has 0 spiro atoms. The molecule has 2 aliphatic rings. The third-order valence-electron chi connectivity index (χ3n) is 4.74. The quantitative estimate of drug-likeness (QED) is 0.887. The Balaban J connectivity index is 1.57. The Kier molecular flexibility index (Phi) is 4.01. The Morgan fingerprint density at radius 1 is 1.35 bits per heavy atom. The zero-order valence-corrected chi connectivity index (χ0v) is 12.0. The van der Waals surface area contributed by atoms with E-state index in [1.165, 1.54) is 25.7 Å². The van der Waals surface area contributed by atoms with Gasteiger partial charge in [-0.3, -0.25) is 9.78 Å². The van der Waals surface area contributed by atoms with E-state index in [-0.39, 0.29) is 18.0 Å². The molecular formula is C16H23N3O. The number of fused-ring (bicyclic) bond motifs is 1. The zero-order chi connectivity index (χ0) is 13.9. The summed E-state index contributed by atoms with van der Waals surface area (Å²) < 4.78 is 0. The molecule has 1 aliphatic heterocycles. The Morgan fingerprint density at radius 2 is 2.10 bits per heavy atom. The first-order valence-electron chi connectivity index (χ1n) is 7.70. The fourth-order valence-corrected chi connectivity index (χ4v) is 3.57. The molecule has 2 N–H and O–H groups in total. The molecule has 1 saturated carbocycles. The first kappa shape index (κ1) is 13.6. The van der Waals surface area contributed by atoms with E-state index in [1.807, 2.05) is 19.1 Å². The molecule has 1 aliphatic carbocycles. The van der Waals surface area contributed by atoms with Crippen molar-refractivity contribution >= 4 is 5.91 Å². The Morgan fingerprint density at radius 3 is 2.85 bits per heavy atom. The second-order valence-electron chi connectivity index (χ2n) is 6.12. The molecule has 2 fully saturated rings. The zero-order valence-electron chi connectivity index (χ0n) is 12.0. The van der Waals surface area contributed by atoms with Gasteiger partial charge < -0.3 is 10.6 Å². The molecule has 3 unspecified atom stereocenters. The minimum Gasteiger partial charge on any atom is -0.348 e. The van der Waals surface area contributed by atoms with E-state index in [1.54, 1.807) is 12.4 Å². The minimum atomic E-state index is -0.00705. The molecule has 108 valence electrons. The first-order valence-corrected chi connectivity index (χ1v) is 7.70. The van der Waals surface area contributed by atoms with Crippen molar-refractivity contribution in [2.24, 2.45) is 5.92 Å². The van der Waals surface area contributed by atoms with E-state index in [0.29, 0.717) is 12.0 Å². The van der Waals surface area contributed by atoms with E-state index in [2.05, 4.69) is 15.6 Å². The molecule has 0 aromatic carbocycles. The normalized spacial score (nSPS) is 30.6. The van der Waals surface area contributed by atoms with Crippen molar-refractivity contribution in [2.45, 2.75) is 57.2 Å². The third-order valence-corrected chi connectivity index (χ3v) is 4.74. The second-order valence-corrected chi connectivity index (χ2v) is 6.12. The number of hydrogen-bond donors (Lipinski definition) is 2. The number of amides is 1. The average molecular weight is 273 g/mol. The van der Waals surface area contributed by atoms with Gasteiger partial charge in [0, 0.05) is 18.4 Å². The molecule has 4 nitrogen and oxygen atoms in total. The first-order chi connectivity index (χ1) is 9.74. The Labute approximate surface area is 120 Å². The predicted molar refractivity (Wildman–Crippen MR) is 78.1 cm³/mol. The van der Waals surface area contributed by atoms with Crippen LogP contribution in [-0.4, -0.2) is 23.0 Å². The lowest BCUT2D eigenvalue weighted by atomic mass is 9.85. The predicted octanol–water partition coefficient (Wildman–Crippen LogP) is 2.18. The number of nitrogens with one attached hydrogen (secondary N) is 2. The number of hydrogen-bond acceptors (Lipinski definition) is 3. The summed E-state index contributed by atoms with van der Waals surface area (Å²) in [6.45, 7) is 2.02. The number of pyridine rings is 1. The van der Waals surface area contributed by atoms with Gasteiger partial charge in [0.2, 0.25) is 5.91 Å². The van der Waals surface area contributed by atoms with Crippen molar-refractivity contribution in [2.75, 3.05) is 0 Å². The molecule has 0 bridgehead atoms. The summed E-state index contributed by atoms with van der Waals surface area (Å²) in [5.41, 5.74) is 1.10. The second kappa shape index (κ2) is 5.92. The summed E-state index contributed by atoms with van der Waals surface area (Å²) in [7, 11) is 0. The van der Waals surface area contributed by atoms with E-state index < -0.39 is 0 Å². The van der Waals surface area contributed by atoms with E-state index in [9.17, 15) is 4.79 Å². The van der Waals surface area contributed by atoms with Crippen molar-refractivity contribution in [3.63, 3.8) is 0 Å². The van der Waals surface area contributed by atoms with Crippen LogP contribution in [-0.2, 0) is 4.79 Å². The van der Waals surface area contributed by atoms with Crippen LogP contribution in [0.15, 0.2) is 24.5 Å². The average Bonchev–Trinajstić information content (AvgIpc) is 2.92. The molecule has 1 aromatic rings. The maximum atomic E-state index is 12.4. The van der Waals surface area contributed by atoms with Crippen LogP contribution in [0.25, 0.3) is 0 Å². The lowest BCUT2D eigenvalue weighted by Gasteiger charge is -2.24. The van der Waals surface area contributed by atoms with Gasteiger partial charge in [0.05, 0.1) is 12.1 Å². The highest BCUT2D eigenvalue weighted by atomic mass is 16.2. The molecule has 1 amide bonds. The summed E-state index contributed by atoms with van der Waals surface area (Å²) >= 11 is 0. The summed E-state index contributed by atoms with van der Waals surface area (Å²) in [4.78, 5) is 16.4. The highest BCUT2D eigenvalue weighted by molar-refractivity contribution is 5.82. The highest BCUT2D eigenvalue weighted by Gasteiger charge is 2.38. The number of carbonyl (C=O) groups is 1. The summed E-state index contributed by atoms with van der Waals surface area (Å²) in [5.74, 6) is 0.847. The van der Waals surface area contributed by atoms with Crippen LogP contribution < -0.4 is 10.6 Å². The van der Waals surface area contributed by atoms with Gasteiger partial charge in [0.1, 0.15) is 0 Å². The largest absolute Gasteiger partial charge is 0.348 e. The van der Waals surface area contributed by atoms with Gasteiger partial charge in [0.15, 0.2) is 0 Å². The van der Waals surface area contributed by atoms with Crippen molar-refractivity contribution in [1.29, 1.82) is 0 Å². The fourth-order valence-electron chi connectivity index (χ4n) is 3.57. The van der Waals surface area contributed by atoms with Crippen LogP contribution in [0.4, 0.5) is 0 Å². The van der Waals surface area contributed by atoms with Crippen LogP contribution in [0.3, 0.4) is 0 Å². The van der Waals surface area contributed by atoms with Crippen molar-refractivity contribution < 1.29 is 4.79 Å². The monoisotopic (exact) mass is 273 g/mol. The van der Waals surface area contributed by atoms with Gasteiger partial charge in [-0.25, -0.2) is 0 Å². The fraction of sp³-hybridized carbons (Fsp3) is 0.625. The van der Waals surface area contributed by atoms with Crippen molar-refractivity contribution in [1.82, 2.24) is 15.6 Å². The smallest absolute Gasteiger partial charge is 0.237 e. The van der Waals surface area contributed by atoms with Gasteiger partial charge in [-0.2, -0.15) is 0 Å². The molecule has 2 heterocycles. The van der Waals surface area contributed by atoms with Crippen LogP contribution in [0.2, 0.25) is 0 Å². The number of nitrogens with zero attached hydrogens (tertiary/aromatic N) is 1. The molecule has 0 radical (unpaired) electrons. The molecule has 3 rings (SSSR count). The van der Waals surface area contributed by atoms with Gasteiger partial charge >= 0.3 is 0 Å². The van der Waals surface area contributed by atoms with Crippen molar-refractivity contribution in [3.05, 3.63) is 30.1 Å². The SMILES string of the molecule is C[C@H](NC(=O)C1CC2CCCCC2N1)c1ccncc1. The van der Waals surface area contributed by atoms with Gasteiger partial charge in [-0.15, -0.1) is 0 Å². The maximum Gasteiger partial charge on any atom is 0.237 e. The van der Waals surface area contributed by atoms with Crippen LogP contribution >= 0.6 is 0 Å². The standard InChI is InChI=1S/C16H23N3O/c1-11(12-6-8-17-9-7-12)18-16(20)15-10-13-4-2-3-5-14(13)19-15/h6-9,11,13-15,19H,2-5,10H2,1H3,(H,18,20)/t11-,13?,14?,15?/m0/s1. The number of rotatable bonds is 3. The van der Waals surface area contributed by atoms with Crippen LogP contribution in [0, 0.1) is 5.92 Å². The summed E-state index contributed by atoms with van der Waals surface area (Å²) in [6.07, 6.45) is 9.66. The number of aromatic nitrogens is 1. The van der Waals surface area contributed by atoms with Crippen LogP contribution in [0.5, 0.6) is 0 Å². The molecule has 4 atom stereocenters. The van der Waals surface area contributed by atoms with Gasteiger partial charge in [-0.05, 0) is 49.8 Å². The summed E-state index contributed by atoms with van der Waals surface area (Å²) in [6, 6.07) is 4.50. The van der Waals surface area contributed by atoms with Crippen LogP contribution in [0.1, 0.15) is 50.6 Å². The molecular weight excluding hydrogens is 250 g/mol. The minimum absolute atomic E-state index is 0.00705. The lowest BCUT2D eigenvalue weighted by molar-refractivity contribution is -0.123. The highest BCUT2D eigenvalue weighted by Crippen LogP contribution is 2.33. The molecule has 1 saturated heterocycles. The van der Waals surface area contributed by atoms with E-state index in [4.69, 9.17) is 0 Å². The van der Waals surface area contributed by atoms with Crippen molar-refractivity contribution in [3.8, 4) is 0 Å². The molecule has 1 aromatic heterocycles. The van der Waals surface area contributed by atoms with E-state index in [0.717, 1.165) is 12.0 Å². The van der Waals surface area contributed by atoms with Gasteiger partial charge in [-0.1, -0.05) is 12.8 Å². The maximum absolute atomic E-state index is 12.4. The lowest BCUT2D eigenvalue weighted by Crippen LogP contribution is -2.43. The molecule has 20 heavy (non-hydrogen) atoms. The van der Waals surface area contributed by atoms with Gasteiger partial charge in [0.25, 0.3) is 0 Å². The Bertz CT molecular complexity index is 448. The third kappa shape index (κ3) is 2.85. The van der Waals surface area contributed by atoms with E-state index >= 15 is 0 Å². The summed E-state index contributed by atoms with van der Waals surface area (Å²) in [5, 5.41) is 6.64. The topological polar surface area (TPSA) is 54.0 Å². The number of carbonyl (C=O) groups excluding carboxylic acids is 1.